The van der Waals surface area contributed by atoms with Crippen LogP contribution in [-0.4, -0.2) is 34.1 Å². The smallest absolute Gasteiger partial charge is 0.182 e. The van der Waals surface area contributed by atoms with E-state index in [1.807, 2.05) is 83.5 Å². The molecule has 0 fully saturated rings. The van der Waals surface area contributed by atoms with Crippen LogP contribution in [0.25, 0.3) is 129 Å². The monoisotopic (exact) mass is 895 g/mol. The zero-order valence-electron chi connectivity index (χ0n) is 37.9. The van der Waals surface area contributed by atoms with Crippen molar-refractivity contribution in [1.29, 1.82) is 0 Å². The second kappa shape index (κ2) is 16.2. The van der Waals surface area contributed by atoms with Gasteiger partial charge in [0, 0.05) is 50.5 Å². The van der Waals surface area contributed by atoms with E-state index in [2.05, 4.69) is 150 Å². The van der Waals surface area contributed by atoms with E-state index in [-0.39, 0.29) is 0 Å². The molecule has 0 saturated heterocycles. The van der Waals surface area contributed by atoms with E-state index in [9.17, 15) is 0 Å². The molecule has 7 nitrogen and oxygen atoms in total. The molecule has 1 aliphatic rings. The van der Waals surface area contributed by atoms with Gasteiger partial charge in [-0.25, -0.2) is 24.5 Å². The molecule has 328 valence electrons. The molecule has 4 heterocycles. The largest absolute Gasteiger partial charge is 0.309 e. The van der Waals surface area contributed by atoms with Gasteiger partial charge in [0.25, 0.3) is 0 Å². The van der Waals surface area contributed by atoms with Crippen molar-refractivity contribution in [3.8, 4) is 73.5 Å². The summed E-state index contributed by atoms with van der Waals surface area (Å²) in [4.78, 5) is 20.7. The molecule has 4 aromatic heterocycles. The number of rotatable bonds is 7. The minimum absolute atomic E-state index is 0.550. The van der Waals surface area contributed by atoms with Crippen molar-refractivity contribution in [3.63, 3.8) is 0 Å². The maximum Gasteiger partial charge on any atom is 0.182 e. The van der Waals surface area contributed by atoms with Crippen molar-refractivity contribution in [2.24, 2.45) is 0 Å². The van der Waals surface area contributed by atoms with Crippen molar-refractivity contribution in [2.45, 2.75) is 12.8 Å². The van der Waals surface area contributed by atoms with E-state index in [0.717, 1.165) is 74.0 Å². The molecule has 0 N–H and O–H groups in total. The second-order valence-electron chi connectivity index (χ2n) is 18.0. The Hall–Kier alpha value is -9.33. The highest BCUT2D eigenvalue weighted by molar-refractivity contribution is 6.15. The highest BCUT2D eigenvalue weighted by Gasteiger charge is 2.21. The lowest BCUT2D eigenvalue weighted by Crippen LogP contribution is -2.02. The standard InChI is InChI=1S/C63H41N7/c1-4-17-40(18-5-1)48-28-16-34-69-63(48)67-62(68-69)46-35-45(61-65-59(41-19-6-2-7-20-41)64-60(66-61)42-21-8-3-9-22-42)36-47(37-46)70-57-29-15-14-27-54(57)56-39-44(31-33-58(56)70)43-30-32-53-51-25-11-10-23-49(51)50-24-12-13-26-52(50)55(53)38-43/h1-12,14-25,27-39H,13,26H2. The fourth-order valence-electron chi connectivity index (χ4n) is 10.6. The second-order valence-corrected chi connectivity index (χ2v) is 18.0. The zero-order chi connectivity index (χ0) is 46.1. The molecule has 70 heavy (non-hydrogen) atoms. The molecule has 14 rings (SSSR count). The van der Waals surface area contributed by atoms with Crippen LogP contribution in [0.1, 0.15) is 17.5 Å². The maximum absolute atomic E-state index is 5.27. The highest BCUT2D eigenvalue weighted by atomic mass is 15.3. The van der Waals surface area contributed by atoms with Gasteiger partial charge in [-0.3, -0.25) is 0 Å². The third kappa shape index (κ3) is 6.62. The molecule has 13 aromatic rings. The van der Waals surface area contributed by atoms with Gasteiger partial charge in [-0.15, -0.1) is 5.10 Å². The average molecular weight is 896 g/mol. The van der Waals surface area contributed by atoms with Gasteiger partial charge in [0.2, 0.25) is 0 Å². The summed E-state index contributed by atoms with van der Waals surface area (Å²) in [5.74, 6) is 2.34. The van der Waals surface area contributed by atoms with Crippen LogP contribution in [0.15, 0.2) is 219 Å². The Kier molecular flexibility index (Phi) is 9.20. The Morgan fingerprint density at radius 2 is 0.943 bits per heavy atom. The maximum atomic E-state index is 5.27. The summed E-state index contributed by atoms with van der Waals surface area (Å²) >= 11 is 0. The molecular formula is C63H41N7. The van der Waals surface area contributed by atoms with Crippen LogP contribution in [0.5, 0.6) is 0 Å². The Bertz CT molecular complexity index is 4170. The first kappa shape index (κ1) is 39.8. The number of fused-ring (bicyclic) bond motifs is 10. The molecule has 0 aliphatic heterocycles. The number of allylic oxidation sites excluding steroid dienone is 1. The predicted molar refractivity (Wildman–Crippen MR) is 286 cm³/mol. The number of para-hydroxylation sites is 1. The van der Waals surface area contributed by atoms with Crippen molar-refractivity contribution < 1.29 is 0 Å². The lowest BCUT2D eigenvalue weighted by molar-refractivity contribution is 0.966. The topological polar surface area (TPSA) is 73.8 Å². The zero-order valence-corrected chi connectivity index (χ0v) is 37.9. The lowest BCUT2D eigenvalue weighted by atomic mass is 9.85. The molecule has 0 radical (unpaired) electrons. The molecule has 9 aromatic carbocycles. The molecule has 0 unspecified atom stereocenters. The van der Waals surface area contributed by atoms with Crippen LogP contribution < -0.4 is 0 Å². The molecular weight excluding hydrogens is 855 g/mol. The van der Waals surface area contributed by atoms with Gasteiger partial charge in [0.05, 0.1) is 11.0 Å². The molecule has 1 aliphatic carbocycles. The van der Waals surface area contributed by atoms with Gasteiger partial charge >= 0.3 is 0 Å². The normalized spacial score (nSPS) is 12.4. The van der Waals surface area contributed by atoms with Crippen LogP contribution in [0, 0.1) is 0 Å². The van der Waals surface area contributed by atoms with E-state index in [1.165, 1.54) is 49.2 Å². The summed E-state index contributed by atoms with van der Waals surface area (Å²) in [5.41, 5.74) is 14.6. The minimum atomic E-state index is 0.550. The fraction of sp³-hybridized carbons (Fsp3) is 0.0317. The van der Waals surface area contributed by atoms with Crippen LogP contribution in [0.3, 0.4) is 0 Å². The van der Waals surface area contributed by atoms with Crippen LogP contribution in [-0.2, 0) is 6.42 Å². The number of benzene rings is 9. The third-order valence-electron chi connectivity index (χ3n) is 13.9. The van der Waals surface area contributed by atoms with Crippen LogP contribution in [0.2, 0.25) is 0 Å². The average Bonchev–Trinajstić information content (AvgIpc) is 4.03. The summed E-state index contributed by atoms with van der Waals surface area (Å²) in [6.07, 6.45) is 8.69. The molecule has 0 amide bonds. The lowest BCUT2D eigenvalue weighted by Gasteiger charge is -2.18. The molecule has 0 spiro atoms. The quantitative estimate of drug-likeness (QED) is 0.149. The molecule has 7 heteroatoms. The van der Waals surface area contributed by atoms with E-state index in [4.69, 9.17) is 25.0 Å². The first-order valence-electron chi connectivity index (χ1n) is 23.8. The SMILES string of the molecule is C1=Cc2c(c3cc(-c4ccc5c(c4)c4ccccc4n5-c4cc(-c5nc(-c6ccccc6)nc(-c6ccccc6)n5)cc(-c5nc6c(-c7ccccc7)cccn6n5)c4)ccc3c3ccccc23)CC1. The van der Waals surface area contributed by atoms with Gasteiger partial charge in [-0.05, 0) is 117 Å². The van der Waals surface area contributed by atoms with E-state index >= 15 is 0 Å². The number of aromatic nitrogens is 7. The van der Waals surface area contributed by atoms with Crippen molar-refractivity contribution >= 4 is 55.1 Å². The summed E-state index contributed by atoms with van der Waals surface area (Å²) < 4.78 is 4.23. The van der Waals surface area contributed by atoms with Gasteiger partial charge < -0.3 is 4.57 Å². The Morgan fingerprint density at radius 1 is 0.371 bits per heavy atom. The van der Waals surface area contributed by atoms with Crippen molar-refractivity contribution in [2.75, 3.05) is 0 Å². The van der Waals surface area contributed by atoms with Crippen molar-refractivity contribution in [1.82, 2.24) is 34.1 Å². The Morgan fingerprint density at radius 3 is 1.67 bits per heavy atom. The van der Waals surface area contributed by atoms with E-state index in [0.29, 0.717) is 23.3 Å². The van der Waals surface area contributed by atoms with Crippen LogP contribution in [0.4, 0.5) is 0 Å². The molecule has 0 bridgehead atoms. The highest BCUT2D eigenvalue weighted by Crippen LogP contribution is 2.41. The van der Waals surface area contributed by atoms with Gasteiger partial charge in [0.1, 0.15) is 0 Å². The van der Waals surface area contributed by atoms with E-state index < -0.39 is 0 Å². The summed E-state index contributed by atoms with van der Waals surface area (Å²) in [6, 6.07) is 72.7. The van der Waals surface area contributed by atoms with E-state index in [1.54, 1.807) is 0 Å². The minimum Gasteiger partial charge on any atom is -0.309 e. The van der Waals surface area contributed by atoms with Crippen LogP contribution >= 0.6 is 0 Å². The van der Waals surface area contributed by atoms with Gasteiger partial charge in [0.15, 0.2) is 28.9 Å². The number of nitrogens with zero attached hydrogens (tertiary/aromatic N) is 7. The molecule has 0 saturated carbocycles. The first-order valence-corrected chi connectivity index (χ1v) is 23.8. The Labute approximate surface area is 403 Å². The van der Waals surface area contributed by atoms with Gasteiger partial charge in [-0.2, -0.15) is 0 Å². The van der Waals surface area contributed by atoms with Crippen molar-refractivity contribution in [3.05, 3.63) is 230 Å². The predicted octanol–water partition coefficient (Wildman–Crippen LogP) is 15.3. The number of hydrogen-bond donors (Lipinski definition) is 0. The summed E-state index contributed by atoms with van der Waals surface area (Å²) in [5, 5.41) is 12.7. The summed E-state index contributed by atoms with van der Waals surface area (Å²) in [6.45, 7) is 0. The Balaban J connectivity index is 0.984. The fourth-order valence-corrected chi connectivity index (χ4v) is 10.6. The first-order chi connectivity index (χ1) is 34.7. The third-order valence-corrected chi connectivity index (χ3v) is 13.9. The molecule has 0 atom stereocenters. The van der Waals surface area contributed by atoms with Gasteiger partial charge in [-0.1, -0.05) is 164 Å². The number of aryl methyl sites for hydroxylation is 1. The number of pyridine rings is 1. The number of hydrogen-bond acceptors (Lipinski definition) is 5. The summed E-state index contributed by atoms with van der Waals surface area (Å²) in [7, 11) is 0.